The molecular weight excluding hydrogens is 270 g/mol. The van der Waals surface area contributed by atoms with E-state index in [1.54, 1.807) is 4.90 Å². The van der Waals surface area contributed by atoms with Crippen LogP contribution in [0.15, 0.2) is 24.3 Å². The lowest BCUT2D eigenvalue weighted by Gasteiger charge is -2.29. The highest BCUT2D eigenvalue weighted by Gasteiger charge is 2.34. The summed E-state index contributed by atoms with van der Waals surface area (Å²) < 4.78 is 5.78. The fraction of sp³-hybridized carbons (Fsp3) is 0.467. The van der Waals surface area contributed by atoms with E-state index in [1.165, 1.54) is 6.92 Å². The van der Waals surface area contributed by atoms with E-state index in [0.29, 0.717) is 25.4 Å². The maximum atomic E-state index is 12.5. The molecule has 112 valence electrons. The summed E-state index contributed by atoms with van der Waals surface area (Å²) in [6, 6.07) is 7.64. The Labute approximate surface area is 123 Å². The molecule has 2 atom stereocenters. The molecule has 1 aromatic rings. The van der Waals surface area contributed by atoms with Crippen LogP contribution in [0.2, 0.25) is 0 Å². The zero-order valence-corrected chi connectivity index (χ0v) is 12.0. The summed E-state index contributed by atoms with van der Waals surface area (Å²) in [5, 5.41) is 6.07. The summed E-state index contributed by atoms with van der Waals surface area (Å²) in [5.41, 5.74) is 0.916. The molecule has 0 saturated carbocycles. The monoisotopic (exact) mass is 289 g/mol. The van der Waals surface area contributed by atoms with Gasteiger partial charge in [0.15, 0.2) is 6.10 Å². The third-order valence-electron chi connectivity index (χ3n) is 3.82. The smallest absolute Gasteiger partial charge is 0.265 e. The van der Waals surface area contributed by atoms with E-state index in [2.05, 4.69) is 10.6 Å². The molecule has 2 aliphatic rings. The Hall–Kier alpha value is -2.24. The Balaban J connectivity index is 1.61. The van der Waals surface area contributed by atoms with E-state index < -0.39 is 6.10 Å². The van der Waals surface area contributed by atoms with Crippen LogP contribution in [0, 0.1) is 0 Å². The second-order valence-electron chi connectivity index (χ2n) is 5.45. The quantitative estimate of drug-likeness (QED) is 0.836. The lowest BCUT2D eigenvalue weighted by molar-refractivity contribution is -0.137. The van der Waals surface area contributed by atoms with Gasteiger partial charge in [0, 0.05) is 26.1 Å². The van der Waals surface area contributed by atoms with Crippen LogP contribution in [-0.2, 0) is 9.59 Å². The van der Waals surface area contributed by atoms with Gasteiger partial charge in [-0.1, -0.05) is 12.1 Å². The number of carbonyl (C=O) groups is 2. The van der Waals surface area contributed by atoms with E-state index in [0.717, 1.165) is 12.1 Å². The summed E-state index contributed by atoms with van der Waals surface area (Å²) in [6.45, 7) is 3.18. The maximum Gasteiger partial charge on any atom is 0.265 e. The number of fused-ring (bicyclic) bond motifs is 1. The molecule has 6 nitrogen and oxygen atoms in total. The van der Waals surface area contributed by atoms with Crippen molar-refractivity contribution in [2.45, 2.75) is 25.5 Å². The molecule has 2 amide bonds. The number of rotatable bonds is 2. The lowest BCUT2D eigenvalue weighted by atomic mass is 10.2. The number of ether oxygens (including phenoxy) is 1. The Morgan fingerprint density at radius 1 is 1.38 bits per heavy atom. The van der Waals surface area contributed by atoms with Gasteiger partial charge in [-0.25, -0.2) is 0 Å². The number of benzene rings is 1. The first kappa shape index (κ1) is 13.7. The van der Waals surface area contributed by atoms with Crippen molar-refractivity contribution in [2.75, 3.05) is 25.0 Å². The summed E-state index contributed by atoms with van der Waals surface area (Å²) >= 11 is 0. The minimum Gasteiger partial charge on any atom is -0.477 e. The van der Waals surface area contributed by atoms with E-state index in [-0.39, 0.29) is 17.9 Å². The predicted octanol–water partition coefficient (Wildman–Crippen LogP) is 0.597. The number of para-hydroxylation sites is 2. The molecule has 0 bridgehead atoms. The summed E-state index contributed by atoms with van der Waals surface area (Å²) in [7, 11) is 0. The van der Waals surface area contributed by atoms with E-state index in [1.807, 2.05) is 24.3 Å². The predicted molar refractivity (Wildman–Crippen MR) is 78.1 cm³/mol. The van der Waals surface area contributed by atoms with Crippen molar-refractivity contribution in [1.82, 2.24) is 10.2 Å². The SMILES string of the molecule is CC(=O)NC1CCN(C(=O)C2CNc3ccccc3O2)C1. The van der Waals surface area contributed by atoms with Crippen LogP contribution in [0.3, 0.4) is 0 Å². The van der Waals surface area contributed by atoms with Crippen molar-refractivity contribution in [3.8, 4) is 5.75 Å². The molecule has 1 fully saturated rings. The molecule has 0 aromatic heterocycles. The number of nitrogens with zero attached hydrogens (tertiary/aromatic N) is 1. The van der Waals surface area contributed by atoms with Crippen LogP contribution in [-0.4, -0.2) is 48.5 Å². The van der Waals surface area contributed by atoms with Crippen LogP contribution in [0.1, 0.15) is 13.3 Å². The van der Waals surface area contributed by atoms with Gasteiger partial charge < -0.3 is 20.3 Å². The summed E-state index contributed by atoms with van der Waals surface area (Å²) in [5.74, 6) is 0.628. The third-order valence-corrected chi connectivity index (χ3v) is 3.82. The fourth-order valence-electron chi connectivity index (χ4n) is 2.82. The first-order chi connectivity index (χ1) is 10.1. The maximum absolute atomic E-state index is 12.5. The number of hydrogen-bond donors (Lipinski definition) is 2. The van der Waals surface area contributed by atoms with Crippen molar-refractivity contribution in [3.05, 3.63) is 24.3 Å². The molecule has 0 aliphatic carbocycles. The molecule has 3 rings (SSSR count). The van der Waals surface area contributed by atoms with E-state index in [4.69, 9.17) is 4.74 Å². The van der Waals surface area contributed by atoms with Gasteiger partial charge in [0.2, 0.25) is 5.91 Å². The molecule has 2 heterocycles. The summed E-state index contributed by atoms with van der Waals surface area (Å²) in [6.07, 6.45) is 0.290. The Bertz CT molecular complexity index is 561. The summed E-state index contributed by atoms with van der Waals surface area (Å²) in [4.78, 5) is 25.3. The zero-order valence-electron chi connectivity index (χ0n) is 12.0. The Kier molecular flexibility index (Phi) is 3.68. The second-order valence-corrected chi connectivity index (χ2v) is 5.45. The van der Waals surface area contributed by atoms with Crippen LogP contribution < -0.4 is 15.4 Å². The van der Waals surface area contributed by atoms with Crippen molar-refractivity contribution in [3.63, 3.8) is 0 Å². The molecule has 0 radical (unpaired) electrons. The average Bonchev–Trinajstić information content (AvgIpc) is 2.93. The van der Waals surface area contributed by atoms with Crippen molar-refractivity contribution >= 4 is 17.5 Å². The number of amides is 2. The highest BCUT2D eigenvalue weighted by Crippen LogP contribution is 2.29. The molecule has 21 heavy (non-hydrogen) atoms. The minimum atomic E-state index is -0.504. The number of carbonyl (C=O) groups excluding carboxylic acids is 2. The van der Waals surface area contributed by atoms with Gasteiger partial charge in [0.05, 0.1) is 12.2 Å². The molecular formula is C15H19N3O3. The third kappa shape index (κ3) is 2.94. The van der Waals surface area contributed by atoms with Gasteiger partial charge in [-0.05, 0) is 18.6 Å². The number of nitrogens with one attached hydrogen (secondary N) is 2. The van der Waals surface area contributed by atoms with Crippen LogP contribution in [0.5, 0.6) is 5.75 Å². The van der Waals surface area contributed by atoms with E-state index in [9.17, 15) is 9.59 Å². The van der Waals surface area contributed by atoms with Crippen LogP contribution in [0.25, 0.3) is 0 Å². The molecule has 1 saturated heterocycles. The standard InChI is InChI=1S/C15H19N3O3/c1-10(19)17-11-6-7-18(9-11)15(20)14-8-16-12-4-2-3-5-13(12)21-14/h2-5,11,14,16H,6-9H2,1H3,(H,17,19). The molecule has 1 aromatic carbocycles. The second kappa shape index (κ2) is 5.63. The normalized spacial score (nSPS) is 23.8. The Morgan fingerprint density at radius 3 is 3.00 bits per heavy atom. The van der Waals surface area contributed by atoms with Gasteiger partial charge in [0.1, 0.15) is 5.75 Å². The highest BCUT2D eigenvalue weighted by molar-refractivity contribution is 5.83. The molecule has 2 unspecified atom stereocenters. The topological polar surface area (TPSA) is 70.7 Å². The van der Waals surface area contributed by atoms with Gasteiger partial charge >= 0.3 is 0 Å². The van der Waals surface area contributed by atoms with Crippen LogP contribution in [0.4, 0.5) is 5.69 Å². The first-order valence-electron chi connectivity index (χ1n) is 7.19. The molecule has 2 aliphatic heterocycles. The zero-order chi connectivity index (χ0) is 14.8. The largest absolute Gasteiger partial charge is 0.477 e. The minimum absolute atomic E-state index is 0.0233. The lowest BCUT2D eigenvalue weighted by Crippen LogP contribution is -2.47. The number of hydrogen-bond acceptors (Lipinski definition) is 4. The Morgan fingerprint density at radius 2 is 2.19 bits per heavy atom. The van der Waals surface area contributed by atoms with E-state index >= 15 is 0 Å². The van der Waals surface area contributed by atoms with Gasteiger partial charge in [-0.15, -0.1) is 0 Å². The highest BCUT2D eigenvalue weighted by atomic mass is 16.5. The fourth-order valence-corrected chi connectivity index (χ4v) is 2.82. The molecule has 2 N–H and O–H groups in total. The number of anilines is 1. The van der Waals surface area contributed by atoms with Crippen molar-refractivity contribution in [1.29, 1.82) is 0 Å². The van der Waals surface area contributed by atoms with Crippen molar-refractivity contribution in [2.24, 2.45) is 0 Å². The molecule has 6 heteroatoms. The van der Waals surface area contributed by atoms with Gasteiger partial charge in [0.25, 0.3) is 5.91 Å². The number of likely N-dealkylation sites (tertiary alicyclic amines) is 1. The van der Waals surface area contributed by atoms with Crippen LogP contribution >= 0.6 is 0 Å². The average molecular weight is 289 g/mol. The van der Waals surface area contributed by atoms with Gasteiger partial charge in [-0.2, -0.15) is 0 Å². The van der Waals surface area contributed by atoms with Crippen molar-refractivity contribution < 1.29 is 14.3 Å². The first-order valence-corrected chi connectivity index (χ1v) is 7.19. The molecule has 0 spiro atoms. The van der Waals surface area contributed by atoms with Gasteiger partial charge in [-0.3, -0.25) is 9.59 Å².